The van der Waals surface area contributed by atoms with Crippen molar-refractivity contribution in [3.63, 3.8) is 0 Å². The molecule has 1 saturated heterocycles. The number of Topliss-reactive ketones (excluding diaryl/α,β-unsaturated/α-hetero) is 1. The van der Waals surface area contributed by atoms with Gasteiger partial charge >= 0.3 is 0 Å². The number of piperidine rings is 1. The maximum absolute atomic E-state index is 13.1. The highest BCUT2D eigenvalue weighted by atomic mass is 35.5. The molecule has 0 spiro atoms. The summed E-state index contributed by atoms with van der Waals surface area (Å²) >= 11 is 12.1. The van der Waals surface area contributed by atoms with Crippen LogP contribution in [0.1, 0.15) is 23.2 Å². The molecule has 1 atom stereocenters. The second-order valence-corrected chi connectivity index (χ2v) is 8.11. The molecule has 3 heterocycles. The molecule has 0 radical (unpaired) electrons. The average Bonchev–Trinajstić information content (AvgIpc) is 2.75. The summed E-state index contributed by atoms with van der Waals surface area (Å²) < 4.78 is 1.49. The SMILES string of the molecule is Cn1c(N2CCCC(C(=O)c3cc(Cl)cc(Cl)c3)C2)nc(-c2ccncn2)cc1=O. The molecule has 0 N–H and O–H groups in total. The topological polar surface area (TPSA) is 81.0 Å². The first kappa shape index (κ1) is 20.5. The summed E-state index contributed by atoms with van der Waals surface area (Å²) in [6.07, 6.45) is 4.57. The van der Waals surface area contributed by atoms with Gasteiger partial charge < -0.3 is 4.90 Å². The van der Waals surface area contributed by atoms with E-state index in [2.05, 4.69) is 15.0 Å². The van der Waals surface area contributed by atoms with Crippen LogP contribution in [-0.4, -0.2) is 38.4 Å². The molecule has 0 amide bonds. The molecule has 7 nitrogen and oxygen atoms in total. The van der Waals surface area contributed by atoms with Crippen LogP contribution in [-0.2, 0) is 7.05 Å². The van der Waals surface area contributed by atoms with Gasteiger partial charge in [0.25, 0.3) is 5.56 Å². The number of ketones is 1. The Morgan fingerprint density at radius 3 is 2.60 bits per heavy atom. The summed E-state index contributed by atoms with van der Waals surface area (Å²) in [5, 5.41) is 0.861. The minimum absolute atomic E-state index is 0.0129. The van der Waals surface area contributed by atoms with Crippen molar-refractivity contribution >= 4 is 34.9 Å². The van der Waals surface area contributed by atoms with Gasteiger partial charge in [0, 0.05) is 53.9 Å². The zero-order chi connectivity index (χ0) is 21.3. The minimum atomic E-state index is -0.243. The standard InChI is InChI=1S/C21H19Cl2N5O2/c1-27-19(29)10-18(17-4-5-24-12-25-17)26-21(27)28-6-2-3-13(11-28)20(30)14-7-15(22)9-16(23)8-14/h4-5,7-10,12-13H,2-3,6,11H2,1H3. The Kier molecular flexibility index (Phi) is 5.83. The van der Waals surface area contributed by atoms with Crippen LogP contribution in [0.3, 0.4) is 0 Å². The van der Waals surface area contributed by atoms with Gasteiger partial charge in [-0.25, -0.2) is 15.0 Å². The highest BCUT2D eigenvalue weighted by Crippen LogP contribution is 2.27. The van der Waals surface area contributed by atoms with E-state index in [-0.39, 0.29) is 17.3 Å². The van der Waals surface area contributed by atoms with Gasteiger partial charge in [-0.1, -0.05) is 23.2 Å². The quantitative estimate of drug-likeness (QED) is 0.572. The van der Waals surface area contributed by atoms with Crippen molar-refractivity contribution in [3.05, 3.63) is 68.8 Å². The van der Waals surface area contributed by atoms with Crippen LogP contribution in [0.4, 0.5) is 5.95 Å². The molecule has 1 aliphatic rings. The third-order valence-corrected chi connectivity index (χ3v) is 5.61. The molecule has 1 fully saturated rings. The summed E-state index contributed by atoms with van der Waals surface area (Å²) in [4.78, 5) is 40.4. The lowest BCUT2D eigenvalue weighted by molar-refractivity contribution is 0.0906. The third kappa shape index (κ3) is 4.22. The van der Waals surface area contributed by atoms with Crippen LogP contribution >= 0.6 is 23.2 Å². The molecule has 3 aromatic rings. The molecule has 1 aliphatic heterocycles. The Hall–Kier alpha value is -2.77. The number of benzene rings is 1. The fourth-order valence-corrected chi connectivity index (χ4v) is 4.21. The van der Waals surface area contributed by atoms with E-state index in [9.17, 15) is 9.59 Å². The van der Waals surface area contributed by atoms with Crippen molar-refractivity contribution in [1.82, 2.24) is 19.5 Å². The molecule has 154 valence electrons. The van der Waals surface area contributed by atoms with E-state index < -0.39 is 0 Å². The number of carbonyl (C=O) groups excluding carboxylic acids is 1. The number of hydrogen-bond acceptors (Lipinski definition) is 6. The number of hydrogen-bond donors (Lipinski definition) is 0. The number of nitrogens with zero attached hydrogens (tertiary/aromatic N) is 5. The van der Waals surface area contributed by atoms with Crippen molar-refractivity contribution in [2.24, 2.45) is 13.0 Å². The summed E-state index contributed by atoms with van der Waals surface area (Å²) in [6.45, 7) is 1.16. The van der Waals surface area contributed by atoms with Crippen LogP contribution < -0.4 is 10.5 Å². The predicted molar refractivity (Wildman–Crippen MR) is 116 cm³/mol. The van der Waals surface area contributed by atoms with Crippen LogP contribution in [0.5, 0.6) is 0 Å². The number of aromatic nitrogens is 4. The van der Waals surface area contributed by atoms with E-state index in [0.717, 1.165) is 12.8 Å². The first-order valence-electron chi connectivity index (χ1n) is 9.52. The van der Waals surface area contributed by atoms with Crippen LogP contribution in [0.15, 0.2) is 47.7 Å². The molecule has 0 aliphatic carbocycles. The van der Waals surface area contributed by atoms with Crippen molar-refractivity contribution < 1.29 is 4.79 Å². The Balaban J connectivity index is 1.64. The molecule has 0 bridgehead atoms. The first-order chi connectivity index (χ1) is 14.4. The second kappa shape index (κ2) is 8.53. The van der Waals surface area contributed by atoms with E-state index in [4.69, 9.17) is 23.2 Å². The smallest absolute Gasteiger partial charge is 0.255 e. The molecule has 0 saturated carbocycles. The Morgan fingerprint density at radius 2 is 1.90 bits per heavy atom. The number of carbonyl (C=O) groups is 1. The number of rotatable bonds is 4. The molecule has 9 heteroatoms. The lowest BCUT2D eigenvalue weighted by Gasteiger charge is -2.33. The molecular formula is C21H19Cl2N5O2. The zero-order valence-electron chi connectivity index (χ0n) is 16.3. The lowest BCUT2D eigenvalue weighted by Crippen LogP contribution is -2.42. The predicted octanol–water partition coefficient (Wildman–Crippen LogP) is 3.64. The maximum Gasteiger partial charge on any atom is 0.255 e. The maximum atomic E-state index is 13.1. The normalized spacial score (nSPS) is 16.5. The summed E-state index contributed by atoms with van der Waals surface area (Å²) in [5.74, 6) is 0.256. The molecule has 1 aromatic carbocycles. The second-order valence-electron chi connectivity index (χ2n) is 7.24. The van der Waals surface area contributed by atoms with E-state index in [0.29, 0.717) is 46.0 Å². The summed E-state index contributed by atoms with van der Waals surface area (Å²) in [6, 6.07) is 8.03. The van der Waals surface area contributed by atoms with Gasteiger partial charge in [-0.05, 0) is 37.1 Å². The van der Waals surface area contributed by atoms with E-state index in [1.165, 1.54) is 17.0 Å². The van der Waals surface area contributed by atoms with Crippen LogP contribution in [0.25, 0.3) is 11.4 Å². The third-order valence-electron chi connectivity index (χ3n) is 5.18. The molecule has 1 unspecified atom stereocenters. The van der Waals surface area contributed by atoms with Gasteiger partial charge in [-0.2, -0.15) is 0 Å². The molecule has 4 rings (SSSR count). The van der Waals surface area contributed by atoms with Gasteiger partial charge in [-0.3, -0.25) is 14.2 Å². The number of halogens is 2. The van der Waals surface area contributed by atoms with Gasteiger partial charge in [0.05, 0.1) is 11.4 Å². The average molecular weight is 444 g/mol. The van der Waals surface area contributed by atoms with Crippen molar-refractivity contribution in [2.75, 3.05) is 18.0 Å². The van der Waals surface area contributed by atoms with Crippen molar-refractivity contribution in [3.8, 4) is 11.4 Å². The highest BCUT2D eigenvalue weighted by Gasteiger charge is 2.29. The zero-order valence-corrected chi connectivity index (χ0v) is 17.8. The van der Waals surface area contributed by atoms with Crippen molar-refractivity contribution in [2.45, 2.75) is 12.8 Å². The van der Waals surface area contributed by atoms with E-state index >= 15 is 0 Å². The van der Waals surface area contributed by atoms with E-state index in [1.807, 2.05) is 4.90 Å². The molecule has 2 aromatic heterocycles. The van der Waals surface area contributed by atoms with Gasteiger partial charge in [0.1, 0.15) is 6.33 Å². The van der Waals surface area contributed by atoms with E-state index in [1.54, 1.807) is 37.5 Å². The van der Waals surface area contributed by atoms with Crippen LogP contribution in [0.2, 0.25) is 10.0 Å². The fraction of sp³-hybridized carbons (Fsp3) is 0.286. The van der Waals surface area contributed by atoms with Crippen LogP contribution in [0, 0.1) is 5.92 Å². The van der Waals surface area contributed by atoms with Gasteiger partial charge in [-0.15, -0.1) is 0 Å². The molecule has 30 heavy (non-hydrogen) atoms. The van der Waals surface area contributed by atoms with Gasteiger partial charge in [0.2, 0.25) is 5.95 Å². The minimum Gasteiger partial charge on any atom is -0.341 e. The summed E-state index contributed by atoms with van der Waals surface area (Å²) in [7, 11) is 1.68. The Bertz CT molecular complexity index is 1130. The summed E-state index contributed by atoms with van der Waals surface area (Å²) in [5.41, 5.74) is 1.35. The highest BCUT2D eigenvalue weighted by molar-refractivity contribution is 6.35. The molecular weight excluding hydrogens is 425 g/mol. The Morgan fingerprint density at radius 1 is 1.13 bits per heavy atom. The fourth-order valence-electron chi connectivity index (χ4n) is 3.69. The Labute approximate surface area is 183 Å². The van der Waals surface area contributed by atoms with Crippen molar-refractivity contribution in [1.29, 1.82) is 0 Å². The first-order valence-corrected chi connectivity index (χ1v) is 10.3. The van der Waals surface area contributed by atoms with Gasteiger partial charge in [0.15, 0.2) is 5.78 Å². The number of anilines is 1. The largest absolute Gasteiger partial charge is 0.341 e. The lowest BCUT2D eigenvalue weighted by atomic mass is 9.90. The monoisotopic (exact) mass is 443 g/mol.